The van der Waals surface area contributed by atoms with E-state index in [1.165, 1.54) is 19.1 Å². The van der Waals surface area contributed by atoms with Crippen LogP contribution in [0.5, 0.6) is 0 Å². The van der Waals surface area contributed by atoms with Gasteiger partial charge in [-0.05, 0) is 30.5 Å². The Kier molecular flexibility index (Phi) is 11.5. The number of carboxylic acid groups (broad SMARTS) is 1. The third kappa shape index (κ3) is 10.0. The van der Waals surface area contributed by atoms with E-state index in [9.17, 15) is 39.2 Å². The standard InChI is InChI=1S/C26H31N5O9/c1-15(2)22(30-26(37)40-14-17-7-5-4-6-8-17)25(36)27-16(3)23(34)29-20(13-21(32)33)24(35)28-18-9-11-19(12-10-18)31(38)39/h4-12,15-16,20,22H,13-14H2,1-3H3,(H,27,36)(H,28,35)(H,29,34)(H,30,37)(H,32,33)/t16-,20+,22-/m0/s1. The van der Waals surface area contributed by atoms with Gasteiger partial charge in [-0.3, -0.25) is 29.3 Å². The van der Waals surface area contributed by atoms with Gasteiger partial charge in [0.1, 0.15) is 24.7 Å². The van der Waals surface area contributed by atoms with Crippen molar-refractivity contribution in [3.63, 3.8) is 0 Å². The number of nitrogens with one attached hydrogen (secondary N) is 4. The minimum Gasteiger partial charge on any atom is -0.481 e. The minimum absolute atomic E-state index is 0.00911. The summed E-state index contributed by atoms with van der Waals surface area (Å²) in [5.41, 5.74) is 0.685. The zero-order valence-electron chi connectivity index (χ0n) is 22.1. The van der Waals surface area contributed by atoms with Crippen LogP contribution in [0.1, 0.15) is 32.8 Å². The lowest BCUT2D eigenvalue weighted by molar-refractivity contribution is -0.384. The first-order valence-corrected chi connectivity index (χ1v) is 12.2. The molecule has 214 valence electrons. The fourth-order valence-corrected chi connectivity index (χ4v) is 3.37. The molecule has 2 aromatic carbocycles. The van der Waals surface area contributed by atoms with Gasteiger partial charge in [-0.2, -0.15) is 0 Å². The Balaban J connectivity index is 1.98. The van der Waals surface area contributed by atoms with Crippen LogP contribution in [-0.2, 0) is 30.5 Å². The van der Waals surface area contributed by atoms with Crippen LogP contribution in [-0.4, -0.2) is 57.9 Å². The van der Waals surface area contributed by atoms with Crippen LogP contribution in [0.4, 0.5) is 16.2 Å². The normalized spacial score (nSPS) is 12.8. The predicted octanol–water partition coefficient (Wildman–Crippen LogP) is 1.95. The summed E-state index contributed by atoms with van der Waals surface area (Å²) in [6.07, 6.45) is -1.60. The van der Waals surface area contributed by atoms with E-state index in [2.05, 4.69) is 21.3 Å². The van der Waals surface area contributed by atoms with E-state index in [1.807, 2.05) is 6.07 Å². The molecule has 3 atom stereocenters. The molecule has 40 heavy (non-hydrogen) atoms. The van der Waals surface area contributed by atoms with Gasteiger partial charge < -0.3 is 31.1 Å². The van der Waals surface area contributed by atoms with Gasteiger partial charge in [-0.1, -0.05) is 44.2 Å². The number of carbonyl (C=O) groups is 5. The van der Waals surface area contributed by atoms with E-state index in [4.69, 9.17) is 4.74 Å². The van der Waals surface area contributed by atoms with E-state index >= 15 is 0 Å². The molecule has 0 heterocycles. The van der Waals surface area contributed by atoms with E-state index in [0.717, 1.165) is 17.7 Å². The van der Waals surface area contributed by atoms with Gasteiger partial charge in [0.25, 0.3) is 5.69 Å². The Morgan fingerprint density at radius 3 is 2.05 bits per heavy atom. The molecule has 0 spiro atoms. The van der Waals surface area contributed by atoms with Crippen molar-refractivity contribution in [2.75, 3.05) is 5.32 Å². The second-order valence-electron chi connectivity index (χ2n) is 9.11. The number of benzene rings is 2. The van der Waals surface area contributed by atoms with Crippen LogP contribution in [0.2, 0.25) is 0 Å². The van der Waals surface area contributed by atoms with Crippen LogP contribution in [0.15, 0.2) is 54.6 Å². The molecular formula is C26H31N5O9. The monoisotopic (exact) mass is 557 g/mol. The van der Waals surface area contributed by atoms with Crippen LogP contribution in [0, 0.1) is 16.0 Å². The number of anilines is 1. The largest absolute Gasteiger partial charge is 0.481 e. The molecule has 14 nitrogen and oxygen atoms in total. The summed E-state index contributed by atoms with van der Waals surface area (Å²) in [6, 6.07) is 9.93. The maximum atomic E-state index is 12.8. The molecule has 0 saturated heterocycles. The number of hydrogen-bond acceptors (Lipinski definition) is 8. The average molecular weight is 558 g/mol. The Labute approximate surface area is 229 Å². The zero-order valence-corrected chi connectivity index (χ0v) is 22.1. The number of carbonyl (C=O) groups excluding carboxylic acids is 4. The Morgan fingerprint density at radius 1 is 0.875 bits per heavy atom. The van der Waals surface area contributed by atoms with Gasteiger partial charge in [0, 0.05) is 17.8 Å². The van der Waals surface area contributed by atoms with Crippen molar-refractivity contribution in [1.82, 2.24) is 16.0 Å². The molecule has 0 aromatic heterocycles. The average Bonchev–Trinajstić information content (AvgIpc) is 2.90. The summed E-state index contributed by atoms with van der Waals surface area (Å²) in [6.45, 7) is 4.67. The van der Waals surface area contributed by atoms with Gasteiger partial charge >= 0.3 is 12.1 Å². The second kappa shape index (κ2) is 14.8. The van der Waals surface area contributed by atoms with Crippen molar-refractivity contribution in [2.24, 2.45) is 5.92 Å². The number of carboxylic acids is 1. The van der Waals surface area contributed by atoms with Crippen molar-refractivity contribution in [3.8, 4) is 0 Å². The summed E-state index contributed by atoms with van der Waals surface area (Å²) in [5.74, 6) is -4.19. The first-order chi connectivity index (χ1) is 18.9. The predicted molar refractivity (Wildman–Crippen MR) is 142 cm³/mol. The fraction of sp³-hybridized carbons (Fsp3) is 0.346. The quantitative estimate of drug-likeness (QED) is 0.180. The van der Waals surface area contributed by atoms with Gasteiger partial charge in [-0.25, -0.2) is 4.79 Å². The first kappa shape index (κ1) is 31.2. The maximum Gasteiger partial charge on any atom is 0.408 e. The number of aliphatic carboxylic acids is 1. The van der Waals surface area contributed by atoms with E-state index in [1.54, 1.807) is 38.1 Å². The van der Waals surface area contributed by atoms with Crippen LogP contribution < -0.4 is 21.3 Å². The lowest BCUT2D eigenvalue weighted by Crippen LogP contribution is -2.56. The Bertz CT molecular complexity index is 1220. The number of nitrogens with zero attached hydrogens (tertiary/aromatic N) is 1. The molecule has 0 bridgehead atoms. The SMILES string of the molecule is CC(C)[C@H](NC(=O)OCc1ccccc1)C(=O)N[C@@H](C)C(=O)N[C@H](CC(=O)O)C(=O)Nc1ccc([N+](=O)[O-])cc1. The number of non-ortho nitro benzene ring substituents is 1. The highest BCUT2D eigenvalue weighted by atomic mass is 16.6. The molecule has 0 unspecified atom stereocenters. The summed E-state index contributed by atoms with van der Waals surface area (Å²) >= 11 is 0. The molecule has 2 aromatic rings. The minimum atomic E-state index is -1.52. The smallest absolute Gasteiger partial charge is 0.408 e. The molecule has 0 radical (unpaired) electrons. The lowest BCUT2D eigenvalue weighted by Gasteiger charge is -2.24. The van der Waals surface area contributed by atoms with E-state index < -0.39 is 59.3 Å². The van der Waals surface area contributed by atoms with Crippen LogP contribution >= 0.6 is 0 Å². The van der Waals surface area contributed by atoms with Crippen molar-refractivity contribution >= 4 is 41.2 Å². The third-order valence-electron chi connectivity index (χ3n) is 5.54. The number of nitro benzene ring substituents is 1. The van der Waals surface area contributed by atoms with Crippen molar-refractivity contribution in [3.05, 3.63) is 70.3 Å². The molecule has 0 aliphatic rings. The number of rotatable bonds is 13. The van der Waals surface area contributed by atoms with E-state index in [0.29, 0.717) is 0 Å². The molecule has 2 rings (SSSR count). The number of nitro groups is 1. The summed E-state index contributed by atoms with van der Waals surface area (Å²) in [7, 11) is 0. The number of ether oxygens (including phenoxy) is 1. The van der Waals surface area contributed by atoms with Gasteiger partial charge in [-0.15, -0.1) is 0 Å². The number of alkyl carbamates (subject to hydrolysis) is 1. The molecule has 5 N–H and O–H groups in total. The van der Waals surface area contributed by atoms with Crippen molar-refractivity contribution < 1.29 is 38.7 Å². The molecule has 4 amide bonds. The van der Waals surface area contributed by atoms with Gasteiger partial charge in [0.05, 0.1) is 11.3 Å². The highest BCUT2D eigenvalue weighted by Gasteiger charge is 2.30. The summed E-state index contributed by atoms with van der Waals surface area (Å²) in [4.78, 5) is 72.0. The van der Waals surface area contributed by atoms with Gasteiger partial charge in [0.15, 0.2) is 0 Å². The van der Waals surface area contributed by atoms with Crippen LogP contribution in [0.3, 0.4) is 0 Å². The molecule has 0 saturated carbocycles. The summed E-state index contributed by atoms with van der Waals surface area (Å²) in [5, 5.41) is 29.6. The van der Waals surface area contributed by atoms with Crippen molar-refractivity contribution in [1.29, 1.82) is 0 Å². The maximum absolute atomic E-state index is 12.8. The van der Waals surface area contributed by atoms with Gasteiger partial charge in [0.2, 0.25) is 17.7 Å². The Hall–Kier alpha value is -5.01. The van der Waals surface area contributed by atoms with Crippen LogP contribution in [0.25, 0.3) is 0 Å². The second-order valence-corrected chi connectivity index (χ2v) is 9.11. The lowest BCUT2D eigenvalue weighted by atomic mass is 10.0. The molecule has 0 fully saturated rings. The molecular weight excluding hydrogens is 526 g/mol. The molecule has 0 aliphatic carbocycles. The topological polar surface area (TPSA) is 206 Å². The highest BCUT2D eigenvalue weighted by molar-refractivity contribution is 6.00. The highest BCUT2D eigenvalue weighted by Crippen LogP contribution is 2.16. The number of hydrogen-bond donors (Lipinski definition) is 5. The third-order valence-corrected chi connectivity index (χ3v) is 5.54. The molecule has 0 aliphatic heterocycles. The first-order valence-electron chi connectivity index (χ1n) is 12.2. The molecule has 14 heteroatoms. The fourth-order valence-electron chi connectivity index (χ4n) is 3.37. The summed E-state index contributed by atoms with van der Waals surface area (Å²) < 4.78 is 5.15. The van der Waals surface area contributed by atoms with E-state index in [-0.39, 0.29) is 23.9 Å². The zero-order chi connectivity index (χ0) is 29.8. The Morgan fingerprint density at radius 2 is 1.50 bits per heavy atom. The van der Waals surface area contributed by atoms with Crippen molar-refractivity contribution in [2.45, 2.75) is 51.9 Å². The number of amides is 4.